The van der Waals surface area contributed by atoms with Crippen molar-refractivity contribution in [2.24, 2.45) is 5.92 Å². The zero-order chi connectivity index (χ0) is 20.3. The topological polar surface area (TPSA) is 38.8 Å². The van der Waals surface area contributed by atoms with Crippen LogP contribution in [-0.2, 0) is 16.1 Å². The maximum atomic E-state index is 12.1. The lowest BCUT2D eigenvalue weighted by molar-refractivity contribution is 0.0164. The molecule has 0 N–H and O–H groups in total. The lowest BCUT2D eigenvalue weighted by atomic mass is 9.94. The van der Waals surface area contributed by atoms with Crippen LogP contribution in [0.15, 0.2) is 30.3 Å². The molecule has 0 radical (unpaired) electrons. The van der Waals surface area contributed by atoms with E-state index in [-0.39, 0.29) is 6.61 Å². The quantitative estimate of drug-likeness (QED) is 0.813. The fourth-order valence-electron chi connectivity index (χ4n) is 2.35. The number of rotatable bonds is 5. The van der Waals surface area contributed by atoms with Gasteiger partial charge in [-0.05, 0) is 51.5 Å². The summed E-state index contributed by atoms with van der Waals surface area (Å²) in [6.45, 7) is 3.66. The number of hydrogen-bond donors (Lipinski definition) is 0. The number of benzene rings is 1. The van der Waals surface area contributed by atoms with Gasteiger partial charge in [-0.3, -0.25) is 0 Å². The average molecular weight is 323 g/mol. The Labute approximate surface area is 145 Å². The van der Waals surface area contributed by atoms with Gasteiger partial charge in [-0.15, -0.1) is 0 Å². The van der Waals surface area contributed by atoms with Crippen LogP contribution >= 0.6 is 0 Å². The second-order valence-electron chi connectivity index (χ2n) is 6.76. The highest BCUT2D eigenvalue weighted by molar-refractivity contribution is 5.68. The summed E-state index contributed by atoms with van der Waals surface area (Å²) < 4.78 is 43.6. The molecule has 1 aromatic rings. The van der Waals surface area contributed by atoms with Crippen LogP contribution in [0.25, 0.3) is 0 Å². The smallest absolute Gasteiger partial charge is 0.410 e. The van der Waals surface area contributed by atoms with E-state index in [1.165, 1.54) is 0 Å². The van der Waals surface area contributed by atoms with Gasteiger partial charge in [0.1, 0.15) is 5.60 Å². The summed E-state index contributed by atoms with van der Waals surface area (Å²) in [5.41, 5.74) is 0.211. The molecule has 1 saturated heterocycles. The molecule has 2 rings (SSSR count). The highest BCUT2D eigenvalue weighted by Crippen LogP contribution is 2.22. The number of piperidine rings is 1. The molecule has 4 heteroatoms. The normalized spacial score (nSPS) is 20.2. The second kappa shape index (κ2) is 8.34. The fourth-order valence-corrected chi connectivity index (χ4v) is 2.35. The van der Waals surface area contributed by atoms with E-state index in [0.29, 0.717) is 25.9 Å². The van der Waals surface area contributed by atoms with Gasteiger partial charge >= 0.3 is 6.09 Å². The van der Waals surface area contributed by atoms with Crippen molar-refractivity contribution in [3.8, 4) is 0 Å². The van der Waals surface area contributed by atoms with Gasteiger partial charge in [0.25, 0.3) is 0 Å². The van der Waals surface area contributed by atoms with Crippen molar-refractivity contribution in [3.05, 3.63) is 35.9 Å². The second-order valence-corrected chi connectivity index (χ2v) is 6.76. The molecule has 1 aliphatic heterocycles. The van der Waals surface area contributed by atoms with Gasteiger partial charge in [-0.2, -0.15) is 0 Å². The number of nitrogens with zero attached hydrogens (tertiary/aromatic N) is 1. The lowest BCUT2D eigenvalue weighted by Crippen LogP contribution is -2.41. The number of carbonyl (C=O) groups excluding carboxylic acids is 1. The maximum absolute atomic E-state index is 12.1. The van der Waals surface area contributed by atoms with Gasteiger partial charge in [-0.1, -0.05) is 30.3 Å². The highest BCUT2D eigenvalue weighted by Gasteiger charge is 2.26. The van der Waals surface area contributed by atoms with Crippen LogP contribution in [-0.4, -0.2) is 36.2 Å². The van der Waals surface area contributed by atoms with Crippen molar-refractivity contribution >= 4 is 6.09 Å². The predicted molar refractivity (Wildman–Crippen MR) is 91.2 cm³/mol. The van der Waals surface area contributed by atoms with E-state index in [1.807, 2.05) is 30.3 Å². The van der Waals surface area contributed by atoms with E-state index in [0.717, 1.165) is 5.56 Å². The van der Waals surface area contributed by atoms with E-state index >= 15 is 0 Å². The molecule has 0 unspecified atom stereocenters. The van der Waals surface area contributed by atoms with E-state index in [9.17, 15) is 4.79 Å². The standard InChI is InChI=1S/C19H29NO3/c1-19(2,3)23-18(21)20-12-9-16(10-13-20)11-14-22-15-17-7-5-4-6-8-17/h4-8,16H,9-15H2,1-3H3/i11D2,14D2. The van der Waals surface area contributed by atoms with Crippen LogP contribution in [0.1, 0.15) is 51.0 Å². The molecule has 128 valence electrons. The summed E-state index contributed by atoms with van der Waals surface area (Å²) in [6, 6.07) is 9.14. The minimum Gasteiger partial charge on any atom is -0.444 e. The summed E-state index contributed by atoms with van der Waals surface area (Å²) in [4.78, 5) is 13.7. The fraction of sp³-hybridized carbons (Fsp3) is 0.632. The van der Waals surface area contributed by atoms with Crippen molar-refractivity contribution < 1.29 is 19.8 Å². The van der Waals surface area contributed by atoms with Gasteiger partial charge in [0.15, 0.2) is 0 Å². The van der Waals surface area contributed by atoms with Crippen molar-refractivity contribution in [3.63, 3.8) is 0 Å². The molecule has 4 nitrogen and oxygen atoms in total. The molecule has 1 aromatic carbocycles. The minimum absolute atomic E-state index is 0.00407. The Bertz CT molecular complexity index is 624. The van der Waals surface area contributed by atoms with Crippen molar-refractivity contribution in [1.82, 2.24) is 4.90 Å². The van der Waals surface area contributed by atoms with Crippen molar-refractivity contribution in [2.75, 3.05) is 19.6 Å². The molecule has 1 fully saturated rings. The first-order valence-corrected chi connectivity index (χ1v) is 8.08. The SMILES string of the molecule is [2H]C([2H])(OCc1ccccc1)C([2H])([2H])C1CCN(C(=O)OC(C)(C)C)CC1. The molecule has 1 aliphatic rings. The number of likely N-dealkylation sites (tertiary alicyclic amines) is 1. The molecular weight excluding hydrogens is 290 g/mol. The monoisotopic (exact) mass is 323 g/mol. The van der Waals surface area contributed by atoms with Gasteiger partial charge in [0, 0.05) is 22.4 Å². The van der Waals surface area contributed by atoms with Gasteiger partial charge < -0.3 is 14.4 Å². The first kappa shape index (κ1) is 12.8. The summed E-state index contributed by atoms with van der Waals surface area (Å²) in [5.74, 6) is -0.540. The molecule has 1 amide bonds. The summed E-state index contributed by atoms with van der Waals surface area (Å²) in [6.07, 6.45) is -1.85. The molecule has 0 aliphatic carbocycles. The first-order chi connectivity index (χ1) is 12.4. The van der Waals surface area contributed by atoms with E-state index in [2.05, 4.69) is 0 Å². The first-order valence-electron chi connectivity index (χ1n) is 10.1. The third-order valence-electron chi connectivity index (χ3n) is 3.56. The molecule has 0 aromatic heterocycles. The molecular formula is C19H29NO3. The molecule has 0 atom stereocenters. The number of ether oxygens (including phenoxy) is 2. The van der Waals surface area contributed by atoms with Gasteiger partial charge in [0.05, 0.1) is 9.35 Å². The largest absolute Gasteiger partial charge is 0.444 e. The number of hydrogen-bond acceptors (Lipinski definition) is 3. The van der Waals surface area contributed by atoms with Crippen LogP contribution in [0.4, 0.5) is 4.79 Å². The van der Waals surface area contributed by atoms with E-state index in [1.54, 1.807) is 25.7 Å². The van der Waals surface area contributed by atoms with E-state index < -0.39 is 30.5 Å². The van der Waals surface area contributed by atoms with Gasteiger partial charge in [0.2, 0.25) is 0 Å². The van der Waals surface area contributed by atoms with Crippen LogP contribution in [0.5, 0.6) is 0 Å². The van der Waals surface area contributed by atoms with Crippen molar-refractivity contribution in [1.29, 1.82) is 0 Å². The lowest BCUT2D eigenvalue weighted by Gasteiger charge is -2.33. The molecule has 0 spiro atoms. The predicted octanol–water partition coefficient (Wildman–Crippen LogP) is 4.24. The Morgan fingerprint density at radius 2 is 1.91 bits per heavy atom. The van der Waals surface area contributed by atoms with E-state index in [4.69, 9.17) is 15.0 Å². The third-order valence-corrected chi connectivity index (χ3v) is 3.56. The van der Waals surface area contributed by atoms with Crippen LogP contribution < -0.4 is 0 Å². The van der Waals surface area contributed by atoms with Crippen molar-refractivity contribution in [2.45, 2.75) is 52.2 Å². The summed E-state index contributed by atoms with van der Waals surface area (Å²) in [5, 5.41) is 0. The summed E-state index contributed by atoms with van der Waals surface area (Å²) in [7, 11) is 0. The average Bonchev–Trinajstić information content (AvgIpc) is 2.59. The Morgan fingerprint density at radius 3 is 2.52 bits per heavy atom. The minimum atomic E-state index is -2.43. The Kier molecular flexibility index (Phi) is 4.65. The molecule has 23 heavy (non-hydrogen) atoms. The maximum Gasteiger partial charge on any atom is 0.410 e. The van der Waals surface area contributed by atoms with Crippen LogP contribution in [0, 0.1) is 5.92 Å². The zero-order valence-corrected chi connectivity index (χ0v) is 14.2. The van der Waals surface area contributed by atoms with Crippen LogP contribution in [0.3, 0.4) is 0 Å². The molecule has 1 heterocycles. The van der Waals surface area contributed by atoms with Gasteiger partial charge in [-0.25, -0.2) is 4.79 Å². The number of carbonyl (C=O) groups is 1. The Hall–Kier alpha value is -1.55. The van der Waals surface area contributed by atoms with Crippen LogP contribution in [0.2, 0.25) is 0 Å². The Morgan fingerprint density at radius 1 is 1.26 bits per heavy atom. The Balaban J connectivity index is 1.93. The molecule has 0 bridgehead atoms. The number of amides is 1. The summed E-state index contributed by atoms with van der Waals surface area (Å²) >= 11 is 0. The third kappa shape index (κ3) is 6.61. The zero-order valence-electron chi connectivity index (χ0n) is 18.2. The molecule has 0 saturated carbocycles. The highest BCUT2D eigenvalue weighted by atomic mass is 16.6.